The van der Waals surface area contributed by atoms with Crippen molar-refractivity contribution in [2.75, 3.05) is 7.11 Å². The Morgan fingerprint density at radius 1 is 1.35 bits per heavy atom. The van der Waals surface area contributed by atoms with E-state index in [1.54, 1.807) is 13.4 Å². The summed E-state index contributed by atoms with van der Waals surface area (Å²) in [6.07, 6.45) is 2.53. The molecule has 2 aromatic rings. The first kappa shape index (κ1) is 14.6. The van der Waals surface area contributed by atoms with Crippen molar-refractivity contribution in [1.82, 2.24) is 5.43 Å². The summed E-state index contributed by atoms with van der Waals surface area (Å²) in [6, 6.07) is 5.98. The molecule has 0 aliphatic carbocycles. The average molecular weight is 274 g/mol. The number of nitrogens with two attached hydrogens (primary N) is 1. The van der Waals surface area contributed by atoms with Crippen molar-refractivity contribution in [3.05, 3.63) is 52.5 Å². The second-order valence-corrected chi connectivity index (χ2v) is 4.95. The van der Waals surface area contributed by atoms with Crippen molar-refractivity contribution < 1.29 is 9.15 Å². The van der Waals surface area contributed by atoms with Gasteiger partial charge in [0.05, 0.1) is 19.4 Å². The molecule has 0 saturated carbocycles. The number of nitrogens with one attached hydrogen (secondary N) is 1. The van der Waals surface area contributed by atoms with Crippen molar-refractivity contribution >= 4 is 0 Å². The minimum Gasteiger partial charge on any atom is -0.496 e. The molecule has 4 nitrogen and oxygen atoms in total. The molecular weight excluding hydrogens is 252 g/mol. The summed E-state index contributed by atoms with van der Waals surface area (Å²) in [7, 11) is 1.68. The predicted molar refractivity (Wildman–Crippen MR) is 79.7 cm³/mol. The normalized spacial score (nSPS) is 12.4. The SMILES string of the molecule is CCc1occc1C(NN)c1c(C)cc(C)cc1OC. The summed E-state index contributed by atoms with van der Waals surface area (Å²) < 4.78 is 11.1. The zero-order valence-corrected chi connectivity index (χ0v) is 12.5. The highest BCUT2D eigenvalue weighted by Crippen LogP contribution is 2.35. The molecule has 0 bridgehead atoms. The van der Waals surface area contributed by atoms with E-state index in [2.05, 4.69) is 32.3 Å². The Morgan fingerprint density at radius 2 is 2.10 bits per heavy atom. The minimum absolute atomic E-state index is 0.140. The molecule has 0 fully saturated rings. The molecule has 0 spiro atoms. The Morgan fingerprint density at radius 3 is 2.70 bits per heavy atom. The standard InChI is InChI=1S/C16H22N2O2/c1-5-13-12(6-7-20-13)16(18-17)15-11(3)8-10(2)9-14(15)19-4/h6-9,16,18H,5,17H2,1-4H3. The van der Waals surface area contributed by atoms with Crippen molar-refractivity contribution in [3.8, 4) is 5.75 Å². The molecule has 0 aliphatic heterocycles. The van der Waals surface area contributed by atoms with E-state index in [9.17, 15) is 0 Å². The third-order valence-electron chi connectivity index (χ3n) is 3.58. The highest BCUT2D eigenvalue weighted by molar-refractivity contribution is 5.49. The Labute approximate surface area is 119 Å². The molecule has 20 heavy (non-hydrogen) atoms. The highest BCUT2D eigenvalue weighted by Gasteiger charge is 2.23. The minimum atomic E-state index is -0.140. The van der Waals surface area contributed by atoms with Crippen LogP contribution in [0.3, 0.4) is 0 Å². The van der Waals surface area contributed by atoms with Crippen LogP contribution in [0.2, 0.25) is 0 Å². The van der Waals surface area contributed by atoms with Crippen molar-refractivity contribution in [2.24, 2.45) is 5.84 Å². The van der Waals surface area contributed by atoms with Gasteiger partial charge in [0.25, 0.3) is 0 Å². The Bertz CT molecular complexity index is 590. The first-order valence-corrected chi connectivity index (χ1v) is 6.79. The van der Waals surface area contributed by atoms with Gasteiger partial charge in [0.1, 0.15) is 11.5 Å². The number of furan rings is 1. The van der Waals surface area contributed by atoms with Gasteiger partial charge in [0.2, 0.25) is 0 Å². The lowest BCUT2D eigenvalue weighted by atomic mass is 9.93. The number of benzene rings is 1. The molecule has 2 rings (SSSR count). The molecule has 1 aromatic carbocycles. The van der Waals surface area contributed by atoms with Crippen LogP contribution in [-0.2, 0) is 6.42 Å². The van der Waals surface area contributed by atoms with E-state index in [1.165, 1.54) is 5.56 Å². The molecule has 1 heterocycles. The largest absolute Gasteiger partial charge is 0.496 e. The number of aryl methyl sites for hydroxylation is 3. The summed E-state index contributed by atoms with van der Waals surface area (Å²) in [5, 5.41) is 0. The number of hydrogen-bond donors (Lipinski definition) is 2. The molecule has 3 N–H and O–H groups in total. The topological polar surface area (TPSA) is 60.4 Å². The van der Waals surface area contributed by atoms with E-state index in [0.717, 1.165) is 34.6 Å². The van der Waals surface area contributed by atoms with Crippen molar-refractivity contribution in [3.63, 3.8) is 0 Å². The van der Waals surface area contributed by atoms with Crippen LogP contribution < -0.4 is 16.0 Å². The van der Waals surface area contributed by atoms with E-state index < -0.39 is 0 Å². The van der Waals surface area contributed by atoms with Crippen LogP contribution in [0, 0.1) is 13.8 Å². The second-order valence-electron chi connectivity index (χ2n) is 4.95. The van der Waals surface area contributed by atoms with Gasteiger partial charge in [0.15, 0.2) is 0 Å². The van der Waals surface area contributed by atoms with Gasteiger partial charge >= 0.3 is 0 Å². The molecule has 108 valence electrons. The van der Waals surface area contributed by atoms with Crippen molar-refractivity contribution in [1.29, 1.82) is 0 Å². The van der Waals surface area contributed by atoms with E-state index >= 15 is 0 Å². The Balaban J connectivity index is 2.58. The molecule has 1 aromatic heterocycles. The summed E-state index contributed by atoms with van der Waals surface area (Å²) >= 11 is 0. The number of rotatable bonds is 5. The Hall–Kier alpha value is -1.78. The average Bonchev–Trinajstić information content (AvgIpc) is 2.89. The maximum atomic E-state index is 5.80. The van der Waals surface area contributed by atoms with Crippen LogP contribution in [0.5, 0.6) is 5.75 Å². The van der Waals surface area contributed by atoms with Gasteiger partial charge in [-0.25, -0.2) is 5.43 Å². The lowest BCUT2D eigenvalue weighted by Crippen LogP contribution is -2.30. The molecule has 1 unspecified atom stereocenters. The van der Waals surface area contributed by atoms with E-state index in [1.807, 2.05) is 12.1 Å². The van der Waals surface area contributed by atoms with Gasteiger partial charge in [-0.1, -0.05) is 13.0 Å². The fourth-order valence-electron chi connectivity index (χ4n) is 2.70. The summed E-state index contributed by atoms with van der Waals surface area (Å²) in [6.45, 7) is 6.19. The quantitative estimate of drug-likeness (QED) is 0.650. The number of methoxy groups -OCH3 is 1. The van der Waals surface area contributed by atoms with E-state index in [0.29, 0.717) is 0 Å². The lowest BCUT2D eigenvalue weighted by molar-refractivity contribution is 0.402. The van der Waals surface area contributed by atoms with E-state index in [-0.39, 0.29) is 6.04 Å². The third kappa shape index (κ3) is 2.57. The first-order chi connectivity index (χ1) is 9.62. The fraction of sp³-hybridized carbons (Fsp3) is 0.375. The zero-order chi connectivity index (χ0) is 14.7. The molecule has 0 saturated heterocycles. The van der Waals surface area contributed by atoms with Gasteiger partial charge in [0, 0.05) is 17.5 Å². The van der Waals surface area contributed by atoms with Crippen LogP contribution in [0.4, 0.5) is 0 Å². The third-order valence-corrected chi connectivity index (χ3v) is 3.58. The number of hydrogen-bond acceptors (Lipinski definition) is 4. The fourth-order valence-corrected chi connectivity index (χ4v) is 2.70. The molecule has 0 radical (unpaired) electrons. The Kier molecular flexibility index (Phi) is 4.47. The van der Waals surface area contributed by atoms with Crippen LogP contribution in [-0.4, -0.2) is 7.11 Å². The molecule has 0 amide bonds. The maximum Gasteiger partial charge on any atom is 0.124 e. The van der Waals surface area contributed by atoms with E-state index in [4.69, 9.17) is 15.0 Å². The molecule has 0 aliphatic rings. The lowest BCUT2D eigenvalue weighted by Gasteiger charge is -2.22. The summed E-state index contributed by atoms with van der Waals surface area (Å²) in [5.74, 6) is 7.58. The maximum absolute atomic E-state index is 5.80. The number of ether oxygens (including phenoxy) is 1. The molecule has 1 atom stereocenters. The summed E-state index contributed by atoms with van der Waals surface area (Å²) in [4.78, 5) is 0. The predicted octanol–water partition coefficient (Wildman–Crippen LogP) is 3.02. The van der Waals surface area contributed by atoms with Gasteiger partial charge in [-0.3, -0.25) is 5.84 Å². The van der Waals surface area contributed by atoms with Crippen LogP contribution in [0.15, 0.2) is 28.9 Å². The highest BCUT2D eigenvalue weighted by atomic mass is 16.5. The van der Waals surface area contributed by atoms with Gasteiger partial charge in [-0.2, -0.15) is 0 Å². The monoisotopic (exact) mass is 274 g/mol. The smallest absolute Gasteiger partial charge is 0.124 e. The first-order valence-electron chi connectivity index (χ1n) is 6.79. The summed E-state index contributed by atoms with van der Waals surface area (Å²) in [5.41, 5.74) is 7.31. The molecule has 4 heteroatoms. The van der Waals surface area contributed by atoms with Gasteiger partial charge in [-0.05, 0) is 37.1 Å². The van der Waals surface area contributed by atoms with Crippen molar-refractivity contribution in [2.45, 2.75) is 33.2 Å². The van der Waals surface area contributed by atoms with Gasteiger partial charge in [-0.15, -0.1) is 0 Å². The van der Waals surface area contributed by atoms with Crippen LogP contribution in [0.25, 0.3) is 0 Å². The van der Waals surface area contributed by atoms with Crippen LogP contribution in [0.1, 0.15) is 41.0 Å². The van der Waals surface area contributed by atoms with Gasteiger partial charge < -0.3 is 9.15 Å². The second kappa shape index (κ2) is 6.11. The number of hydrazine groups is 1. The molecular formula is C16H22N2O2. The van der Waals surface area contributed by atoms with Crippen LogP contribution >= 0.6 is 0 Å². The zero-order valence-electron chi connectivity index (χ0n) is 12.5.